The smallest absolute Gasteiger partial charge is 0.253 e. The zero-order chi connectivity index (χ0) is 13.4. The lowest BCUT2D eigenvalue weighted by atomic mass is 9.94. The van der Waals surface area contributed by atoms with E-state index in [2.05, 4.69) is 21.2 Å². The van der Waals surface area contributed by atoms with Crippen LogP contribution >= 0.6 is 15.9 Å². The molecule has 3 nitrogen and oxygen atoms in total. The minimum Gasteiger partial charge on any atom is -0.337 e. The van der Waals surface area contributed by atoms with Gasteiger partial charge < -0.3 is 10.2 Å². The first-order chi connectivity index (χ1) is 9.13. The van der Waals surface area contributed by atoms with Crippen LogP contribution in [0.3, 0.4) is 0 Å². The first-order valence-electron chi connectivity index (χ1n) is 6.93. The van der Waals surface area contributed by atoms with Crippen molar-refractivity contribution in [3.63, 3.8) is 0 Å². The SMILES string of the molecule is Cc1cc(Br)cc(C(=O)N2C[C@@H]3CCCN[C@@H]3C2)c1. The van der Waals surface area contributed by atoms with Crippen LogP contribution < -0.4 is 5.32 Å². The summed E-state index contributed by atoms with van der Waals surface area (Å²) < 4.78 is 0.977. The van der Waals surface area contributed by atoms with E-state index in [1.54, 1.807) is 0 Å². The van der Waals surface area contributed by atoms with Crippen molar-refractivity contribution < 1.29 is 4.79 Å². The number of amides is 1. The number of fused-ring (bicyclic) bond motifs is 1. The lowest BCUT2D eigenvalue weighted by molar-refractivity contribution is 0.0785. The van der Waals surface area contributed by atoms with Crippen molar-refractivity contribution in [1.29, 1.82) is 0 Å². The van der Waals surface area contributed by atoms with Gasteiger partial charge in [-0.1, -0.05) is 15.9 Å². The van der Waals surface area contributed by atoms with Crippen LogP contribution in [0.1, 0.15) is 28.8 Å². The number of carbonyl (C=O) groups excluding carboxylic acids is 1. The summed E-state index contributed by atoms with van der Waals surface area (Å²) in [4.78, 5) is 14.6. The van der Waals surface area contributed by atoms with Crippen LogP contribution in [0.25, 0.3) is 0 Å². The fourth-order valence-corrected chi connectivity index (χ4v) is 3.86. The molecule has 1 N–H and O–H groups in total. The van der Waals surface area contributed by atoms with E-state index in [9.17, 15) is 4.79 Å². The van der Waals surface area contributed by atoms with Crippen LogP contribution in [-0.4, -0.2) is 36.5 Å². The van der Waals surface area contributed by atoms with Crippen LogP contribution in [0.4, 0.5) is 0 Å². The van der Waals surface area contributed by atoms with Gasteiger partial charge in [0.2, 0.25) is 0 Å². The van der Waals surface area contributed by atoms with E-state index < -0.39 is 0 Å². The van der Waals surface area contributed by atoms with Crippen molar-refractivity contribution in [1.82, 2.24) is 10.2 Å². The summed E-state index contributed by atoms with van der Waals surface area (Å²) in [5, 5.41) is 3.54. The lowest BCUT2D eigenvalue weighted by Gasteiger charge is -2.24. The first-order valence-corrected chi connectivity index (χ1v) is 7.72. The quantitative estimate of drug-likeness (QED) is 0.862. The highest BCUT2D eigenvalue weighted by molar-refractivity contribution is 9.10. The summed E-state index contributed by atoms with van der Waals surface area (Å²) >= 11 is 3.47. The number of benzene rings is 1. The third-order valence-electron chi connectivity index (χ3n) is 4.18. The Balaban J connectivity index is 1.77. The van der Waals surface area contributed by atoms with Gasteiger partial charge in [0.05, 0.1) is 0 Å². The van der Waals surface area contributed by atoms with Gasteiger partial charge in [-0.25, -0.2) is 0 Å². The van der Waals surface area contributed by atoms with Crippen molar-refractivity contribution in [2.24, 2.45) is 5.92 Å². The average Bonchev–Trinajstić information content (AvgIpc) is 2.80. The number of hydrogen-bond acceptors (Lipinski definition) is 2. The highest BCUT2D eigenvalue weighted by Crippen LogP contribution is 2.26. The monoisotopic (exact) mass is 322 g/mol. The van der Waals surface area contributed by atoms with Crippen molar-refractivity contribution in [2.45, 2.75) is 25.8 Å². The number of piperidine rings is 1. The molecule has 1 amide bonds. The summed E-state index contributed by atoms with van der Waals surface area (Å²) in [6.07, 6.45) is 2.48. The van der Waals surface area contributed by atoms with Crippen LogP contribution in [0.2, 0.25) is 0 Å². The molecule has 0 saturated carbocycles. The number of carbonyl (C=O) groups is 1. The van der Waals surface area contributed by atoms with Crippen LogP contribution in [0, 0.1) is 12.8 Å². The topological polar surface area (TPSA) is 32.3 Å². The molecular formula is C15H19BrN2O. The highest BCUT2D eigenvalue weighted by Gasteiger charge is 2.36. The van der Waals surface area contributed by atoms with E-state index in [-0.39, 0.29) is 5.91 Å². The minimum atomic E-state index is 0.167. The highest BCUT2D eigenvalue weighted by atomic mass is 79.9. The van der Waals surface area contributed by atoms with E-state index >= 15 is 0 Å². The van der Waals surface area contributed by atoms with E-state index in [4.69, 9.17) is 0 Å². The molecule has 2 saturated heterocycles. The number of halogens is 1. The summed E-state index contributed by atoms with van der Waals surface area (Å²) in [6, 6.07) is 6.43. The summed E-state index contributed by atoms with van der Waals surface area (Å²) in [7, 11) is 0. The zero-order valence-corrected chi connectivity index (χ0v) is 12.7. The van der Waals surface area contributed by atoms with Gasteiger partial charge in [0.1, 0.15) is 0 Å². The Hall–Kier alpha value is -0.870. The average molecular weight is 323 g/mol. The number of hydrogen-bond donors (Lipinski definition) is 1. The second-order valence-corrected chi connectivity index (χ2v) is 6.61. The van der Waals surface area contributed by atoms with E-state index in [0.29, 0.717) is 12.0 Å². The van der Waals surface area contributed by atoms with Crippen molar-refractivity contribution in [2.75, 3.05) is 19.6 Å². The fourth-order valence-electron chi connectivity index (χ4n) is 3.25. The molecule has 0 radical (unpaired) electrons. The molecule has 0 bridgehead atoms. The Bertz CT molecular complexity index is 469. The van der Waals surface area contributed by atoms with Crippen LogP contribution in [0.15, 0.2) is 22.7 Å². The second-order valence-electron chi connectivity index (χ2n) is 5.69. The summed E-state index contributed by atoms with van der Waals surface area (Å²) in [6.45, 7) is 4.88. The molecule has 0 aromatic heterocycles. The predicted octanol–water partition coefficient (Wildman–Crippen LogP) is 2.58. The summed E-state index contributed by atoms with van der Waals surface area (Å²) in [5.41, 5.74) is 1.91. The van der Waals surface area contributed by atoms with E-state index in [1.165, 1.54) is 12.8 Å². The molecule has 2 aliphatic rings. The van der Waals surface area contributed by atoms with Crippen molar-refractivity contribution in [3.05, 3.63) is 33.8 Å². The Morgan fingerprint density at radius 2 is 2.21 bits per heavy atom. The van der Waals surface area contributed by atoms with Crippen LogP contribution in [0.5, 0.6) is 0 Å². The van der Waals surface area contributed by atoms with Gasteiger partial charge in [0.15, 0.2) is 0 Å². The molecule has 3 rings (SSSR count). The first kappa shape index (κ1) is 13.1. The van der Waals surface area contributed by atoms with Gasteiger partial charge in [-0.15, -0.1) is 0 Å². The predicted molar refractivity (Wildman–Crippen MR) is 79.3 cm³/mol. The molecule has 1 aromatic rings. The molecular weight excluding hydrogens is 304 g/mol. The largest absolute Gasteiger partial charge is 0.337 e. The molecule has 102 valence electrons. The molecule has 2 heterocycles. The number of nitrogens with one attached hydrogen (secondary N) is 1. The molecule has 2 atom stereocenters. The Labute approximate surface area is 122 Å². The van der Waals surface area contributed by atoms with E-state index in [0.717, 1.165) is 35.2 Å². The molecule has 19 heavy (non-hydrogen) atoms. The zero-order valence-electron chi connectivity index (χ0n) is 11.2. The third kappa shape index (κ3) is 2.70. The van der Waals surface area contributed by atoms with Gasteiger partial charge in [0, 0.05) is 29.2 Å². The molecule has 1 aromatic carbocycles. The Morgan fingerprint density at radius 3 is 2.95 bits per heavy atom. The maximum atomic E-state index is 12.6. The fraction of sp³-hybridized carbons (Fsp3) is 0.533. The molecule has 2 fully saturated rings. The Morgan fingerprint density at radius 1 is 1.37 bits per heavy atom. The maximum Gasteiger partial charge on any atom is 0.253 e. The third-order valence-corrected chi connectivity index (χ3v) is 4.63. The Kier molecular flexibility index (Phi) is 3.63. The summed E-state index contributed by atoms with van der Waals surface area (Å²) in [5.74, 6) is 0.812. The van der Waals surface area contributed by atoms with Crippen molar-refractivity contribution >= 4 is 21.8 Å². The minimum absolute atomic E-state index is 0.167. The number of nitrogens with zero attached hydrogens (tertiary/aromatic N) is 1. The lowest BCUT2D eigenvalue weighted by Crippen LogP contribution is -2.41. The molecule has 4 heteroatoms. The number of rotatable bonds is 1. The van der Waals surface area contributed by atoms with Gasteiger partial charge >= 0.3 is 0 Å². The molecule has 0 spiro atoms. The number of aryl methyl sites for hydroxylation is 1. The number of likely N-dealkylation sites (tertiary alicyclic amines) is 1. The normalized spacial score (nSPS) is 26.3. The van der Waals surface area contributed by atoms with Gasteiger partial charge in [0.25, 0.3) is 5.91 Å². The van der Waals surface area contributed by atoms with Gasteiger partial charge in [-0.3, -0.25) is 4.79 Å². The maximum absolute atomic E-state index is 12.6. The van der Waals surface area contributed by atoms with E-state index in [1.807, 2.05) is 30.0 Å². The molecule has 0 unspecified atom stereocenters. The van der Waals surface area contributed by atoms with Gasteiger partial charge in [-0.2, -0.15) is 0 Å². The standard InChI is InChI=1S/C15H19BrN2O/c1-10-5-12(7-13(16)6-10)15(19)18-8-11-3-2-4-17-14(11)9-18/h5-7,11,14,17H,2-4,8-9H2,1H3/t11-,14+/m0/s1. The van der Waals surface area contributed by atoms with Crippen molar-refractivity contribution in [3.8, 4) is 0 Å². The van der Waals surface area contributed by atoms with Gasteiger partial charge in [-0.05, 0) is 56.0 Å². The molecule has 0 aliphatic carbocycles. The molecule has 2 aliphatic heterocycles. The second kappa shape index (κ2) is 5.25. The van der Waals surface area contributed by atoms with Crippen LogP contribution in [-0.2, 0) is 0 Å².